The molecule has 1 amide bonds. The van der Waals surface area contributed by atoms with E-state index in [1.165, 1.54) is 19.3 Å². The maximum Gasteiger partial charge on any atom is 0.265 e. The minimum atomic E-state index is -0.0543. The van der Waals surface area contributed by atoms with Gasteiger partial charge in [0.15, 0.2) is 0 Å². The molecule has 0 aromatic heterocycles. The van der Waals surface area contributed by atoms with Gasteiger partial charge in [-0.2, -0.15) is 0 Å². The average molecular weight is 268 g/mol. The molecule has 1 fully saturated rings. The molecule has 3 heteroatoms. The van der Waals surface area contributed by atoms with Gasteiger partial charge in [-0.15, -0.1) is 0 Å². The molecule has 0 bridgehead atoms. The zero-order valence-electron chi connectivity index (χ0n) is 11.6. The molecular formula is C17H20N2O. The van der Waals surface area contributed by atoms with Crippen molar-refractivity contribution in [3.8, 4) is 0 Å². The van der Waals surface area contributed by atoms with E-state index in [0.29, 0.717) is 11.6 Å². The predicted molar refractivity (Wildman–Crippen MR) is 81.4 cm³/mol. The number of rotatable bonds is 3. The number of amides is 1. The lowest BCUT2D eigenvalue weighted by atomic mass is 9.96. The Kier molecular flexibility index (Phi) is 3.97. The molecule has 0 aliphatic heterocycles. The summed E-state index contributed by atoms with van der Waals surface area (Å²) in [6, 6.07) is 14.3. The minimum Gasteiger partial charge on any atom is -0.287 e. The summed E-state index contributed by atoms with van der Waals surface area (Å²) in [5.74, 6) is -0.0543. The Morgan fingerprint density at radius 3 is 2.50 bits per heavy atom. The van der Waals surface area contributed by atoms with Crippen molar-refractivity contribution in [2.45, 2.75) is 38.1 Å². The van der Waals surface area contributed by atoms with Gasteiger partial charge in [0, 0.05) is 11.6 Å². The first-order valence-corrected chi connectivity index (χ1v) is 7.37. The molecule has 1 saturated carbocycles. The molecule has 0 spiro atoms. The molecule has 3 nitrogen and oxygen atoms in total. The lowest BCUT2D eigenvalue weighted by Crippen LogP contribution is -2.45. The largest absolute Gasteiger partial charge is 0.287 e. The second-order valence-electron chi connectivity index (χ2n) is 5.50. The summed E-state index contributed by atoms with van der Waals surface area (Å²) in [5, 5.41) is 2.25. The molecule has 0 heterocycles. The fraction of sp³-hybridized carbons (Fsp3) is 0.353. The van der Waals surface area contributed by atoms with E-state index in [1.54, 1.807) is 0 Å². The summed E-state index contributed by atoms with van der Waals surface area (Å²) in [6.45, 7) is 0. The van der Waals surface area contributed by atoms with Gasteiger partial charge in [0.2, 0.25) is 0 Å². The van der Waals surface area contributed by atoms with E-state index in [4.69, 9.17) is 0 Å². The van der Waals surface area contributed by atoms with Crippen LogP contribution in [-0.2, 0) is 0 Å². The zero-order chi connectivity index (χ0) is 13.8. The highest BCUT2D eigenvalue weighted by molar-refractivity contribution is 5.98. The fourth-order valence-corrected chi connectivity index (χ4v) is 2.82. The highest BCUT2D eigenvalue weighted by Gasteiger charge is 2.14. The van der Waals surface area contributed by atoms with Crippen LogP contribution in [0.25, 0.3) is 10.8 Å². The van der Waals surface area contributed by atoms with Crippen LogP contribution in [0.4, 0.5) is 0 Å². The third-order valence-electron chi connectivity index (χ3n) is 4.01. The third kappa shape index (κ3) is 2.99. The van der Waals surface area contributed by atoms with Gasteiger partial charge in [0.1, 0.15) is 0 Å². The summed E-state index contributed by atoms with van der Waals surface area (Å²) in [7, 11) is 0. The van der Waals surface area contributed by atoms with Crippen LogP contribution in [0, 0.1) is 0 Å². The Labute approximate surface area is 119 Å². The van der Waals surface area contributed by atoms with Gasteiger partial charge >= 0.3 is 0 Å². The SMILES string of the molecule is O=C(NNC1CCCCC1)c1ccc2ccccc2c1. The molecule has 104 valence electrons. The first kappa shape index (κ1) is 13.1. The summed E-state index contributed by atoms with van der Waals surface area (Å²) < 4.78 is 0. The zero-order valence-corrected chi connectivity index (χ0v) is 11.6. The van der Waals surface area contributed by atoms with Gasteiger partial charge in [-0.25, -0.2) is 5.43 Å². The smallest absolute Gasteiger partial charge is 0.265 e. The molecule has 3 rings (SSSR count). The van der Waals surface area contributed by atoms with Gasteiger partial charge in [0.25, 0.3) is 5.91 Å². The Morgan fingerprint density at radius 1 is 0.950 bits per heavy atom. The van der Waals surface area contributed by atoms with Crippen molar-refractivity contribution < 1.29 is 4.79 Å². The van der Waals surface area contributed by atoms with E-state index >= 15 is 0 Å². The van der Waals surface area contributed by atoms with E-state index in [9.17, 15) is 4.79 Å². The van der Waals surface area contributed by atoms with Crippen molar-refractivity contribution in [3.05, 3.63) is 48.0 Å². The van der Waals surface area contributed by atoms with Crippen LogP contribution in [-0.4, -0.2) is 11.9 Å². The van der Waals surface area contributed by atoms with Gasteiger partial charge in [-0.3, -0.25) is 10.2 Å². The molecule has 0 radical (unpaired) electrons. The standard InChI is InChI=1S/C17H20N2O/c20-17(19-18-16-8-2-1-3-9-16)15-11-10-13-6-4-5-7-14(13)12-15/h4-7,10-12,16,18H,1-3,8-9H2,(H,19,20). The Bertz CT molecular complexity index is 603. The first-order valence-electron chi connectivity index (χ1n) is 7.37. The molecule has 20 heavy (non-hydrogen) atoms. The maximum atomic E-state index is 12.2. The lowest BCUT2D eigenvalue weighted by Gasteiger charge is -2.23. The normalized spacial score (nSPS) is 16.2. The number of hydrazine groups is 1. The van der Waals surface area contributed by atoms with Crippen molar-refractivity contribution in [1.29, 1.82) is 0 Å². The number of carbonyl (C=O) groups is 1. The van der Waals surface area contributed by atoms with Crippen molar-refractivity contribution in [2.24, 2.45) is 0 Å². The second kappa shape index (κ2) is 6.06. The summed E-state index contributed by atoms with van der Waals surface area (Å²) in [5.41, 5.74) is 6.71. The summed E-state index contributed by atoms with van der Waals surface area (Å²) >= 11 is 0. The number of hydrogen-bond donors (Lipinski definition) is 2. The van der Waals surface area contributed by atoms with Gasteiger partial charge < -0.3 is 0 Å². The monoisotopic (exact) mass is 268 g/mol. The maximum absolute atomic E-state index is 12.2. The van der Waals surface area contributed by atoms with Crippen molar-refractivity contribution in [2.75, 3.05) is 0 Å². The molecule has 0 unspecified atom stereocenters. The van der Waals surface area contributed by atoms with Crippen LogP contribution < -0.4 is 10.9 Å². The second-order valence-corrected chi connectivity index (χ2v) is 5.50. The van der Waals surface area contributed by atoms with Crippen LogP contribution in [0.1, 0.15) is 42.5 Å². The molecule has 0 atom stereocenters. The Balaban J connectivity index is 1.65. The summed E-state index contributed by atoms with van der Waals surface area (Å²) in [4.78, 5) is 12.2. The molecule has 1 aliphatic carbocycles. The van der Waals surface area contributed by atoms with Crippen LogP contribution in [0.3, 0.4) is 0 Å². The minimum absolute atomic E-state index is 0.0543. The number of carbonyl (C=O) groups excluding carboxylic acids is 1. The van der Waals surface area contributed by atoms with E-state index in [2.05, 4.69) is 16.9 Å². The molecule has 1 aliphatic rings. The van der Waals surface area contributed by atoms with Crippen molar-refractivity contribution in [1.82, 2.24) is 10.9 Å². The molecule has 2 aromatic rings. The van der Waals surface area contributed by atoms with Crippen LogP contribution in [0.2, 0.25) is 0 Å². The van der Waals surface area contributed by atoms with Gasteiger partial charge in [0.05, 0.1) is 0 Å². The molecule has 0 saturated heterocycles. The Morgan fingerprint density at radius 2 is 1.70 bits per heavy atom. The van der Waals surface area contributed by atoms with E-state index in [-0.39, 0.29) is 5.91 Å². The van der Waals surface area contributed by atoms with Gasteiger partial charge in [-0.1, -0.05) is 49.6 Å². The first-order chi connectivity index (χ1) is 9.83. The van der Waals surface area contributed by atoms with E-state index < -0.39 is 0 Å². The predicted octanol–water partition coefficient (Wildman–Crippen LogP) is 3.41. The third-order valence-corrected chi connectivity index (χ3v) is 4.01. The quantitative estimate of drug-likeness (QED) is 0.838. The number of nitrogens with one attached hydrogen (secondary N) is 2. The van der Waals surface area contributed by atoms with E-state index in [1.807, 2.05) is 36.4 Å². The van der Waals surface area contributed by atoms with Crippen molar-refractivity contribution >= 4 is 16.7 Å². The number of fused-ring (bicyclic) bond motifs is 1. The number of hydrogen-bond acceptors (Lipinski definition) is 2. The summed E-state index contributed by atoms with van der Waals surface area (Å²) in [6.07, 6.45) is 6.12. The van der Waals surface area contributed by atoms with Crippen molar-refractivity contribution in [3.63, 3.8) is 0 Å². The molecule has 2 aromatic carbocycles. The fourth-order valence-electron chi connectivity index (χ4n) is 2.82. The number of benzene rings is 2. The Hall–Kier alpha value is -1.87. The topological polar surface area (TPSA) is 41.1 Å². The molecular weight excluding hydrogens is 248 g/mol. The average Bonchev–Trinajstić information content (AvgIpc) is 2.53. The van der Waals surface area contributed by atoms with E-state index in [0.717, 1.165) is 23.6 Å². The highest BCUT2D eigenvalue weighted by Crippen LogP contribution is 2.17. The molecule has 2 N–H and O–H groups in total. The van der Waals surface area contributed by atoms with Crippen LogP contribution in [0.5, 0.6) is 0 Å². The highest BCUT2D eigenvalue weighted by atomic mass is 16.2. The van der Waals surface area contributed by atoms with Crippen LogP contribution in [0.15, 0.2) is 42.5 Å². The van der Waals surface area contributed by atoms with Gasteiger partial charge in [-0.05, 0) is 35.7 Å². The lowest BCUT2D eigenvalue weighted by molar-refractivity contribution is 0.0920. The van der Waals surface area contributed by atoms with Crippen LogP contribution >= 0.6 is 0 Å².